The number of thiophene rings is 1. The zero-order chi connectivity index (χ0) is 20.4. The van der Waals surface area contributed by atoms with Crippen LogP contribution in [0.2, 0.25) is 0 Å². The second kappa shape index (κ2) is 7.98. The zero-order valence-corrected chi connectivity index (χ0v) is 17.2. The van der Waals surface area contributed by atoms with Crippen molar-refractivity contribution in [1.82, 2.24) is 10.2 Å². The number of nitrogens with one attached hydrogen (secondary N) is 1. The lowest BCUT2D eigenvalue weighted by Crippen LogP contribution is -2.52. The normalized spacial score (nSPS) is 15.6. The Bertz CT molecular complexity index is 1070. The first-order valence-corrected chi connectivity index (χ1v) is 10.1. The van der Waals surface area contributed by atoms with Crippen LogP contribution >= 0.6 is 23.6 Å². The second-order valence-electron chi connectivity index (χ2n) is 6.36. The number of benzene rings is 2. The van der Waals surface area contributed by atoms with Crippen molar-refractivity contribution in [3.05, 3.63) is 83.2 Å². The molecule has 1 saturated heterocycles. The molecule has 144 valence electrons. The number of hydrogen-bond donors (Lipinski definition) is 1. The third-order valence-electron chi connectivity index (χ3n) is 4.45. The molecular formula is C22H17N3O2S2. The van der Waals surface area contributed by atoms with Gasteiger partial charge >= 0.3 is 0 Å². The Labute approximate surface area is 177 Å². The quantitative estimate of drug-likeness (QED) is 0.385. The molecule has 0 unspecified atom stereocenters. The van der Waals surface area contributed by atoms with Crippen LogP contribution < -0.4 is 10.2 Å². The number of carbonyl (C=O) groups is 2. The standard InChI is InChI=1S/C22H17N3O2S2/c1-24-21(27)18(20(26)23-22(24)28)14-17-12-13-19(29-17)25(15-8-4-2-5-9-15)16-10-6-3-7-11-16/h2-14H,1H3,(H,23,26,28)/b18-14+. The van der Waals surface area contributed by atoms with E-state index in [0.717, 1.165) is 21.3 Å². The van der Waals surface area contributed by atoms with Crippen molar-refractivity contribution >= 4 is 62.9 Å². The van der Waals surface area contributed by atoms with E-state index >= 15 is 0 Å². The van der Waals surface area contributed by atoms with Crippen molar-refractivity contribution in [3.63, 3.8) is 0 Å². The van der Waals surface area contributed by atoms with Gasteiger partial charge in [-0.15, -0.1) is 11.3 Å². The fourth-order valence-corrected chi connectivity index (χ4v) is 4.15. The number of nitrogens with zero attached hydrogens (tertiary/aromatic N) is 2. The molecule has 1 aromatic heterocycles. The average molecular weight is 420 g/mol. The predicted molar refractivity (Wildman–Crippen MR) is 120 cm³/mol. The lowest BCUT2D eigenvalue weighted by molar-refractivity contribution is -0.128. The molecule has 0 atom stereocenters. The van der Waals surface area contributed by atoms with Crippen molar-refractivity contribution in [1.29, 1.82) is 0 Å². The number of para-hydroxylation sites is 2. The Morgan fingerprint density at radius 3 is 2.10 bits per heavy atom. The van der Waals surface area contributed by atoms with Gasteiger partial charge in [0.05, 0.1) is 0 Å². The number of likely N-dealkylation sites (N-methyl/N-ethyl adjacent to an activating group) is 1. The topological polar surface area (TPSA) is 52.7 Å². The van der Waals surface area contributed by atoms with Gasteiger partial charge in [0.15, 0.2) is 5.11 Å². The van der Waals surface area contributed by atoms with Gasteiger partial charge in [-0.05, 0) is 54.7 Å². The van der Waals surface area contributed by atoms with Crippen LogP contribution in [0.15, 0.2) is 78.4 Å². The van der Waals surface area contributed by atoms with Gasteiger partial charge in [0.2, 0.25) is 0 Å². The molecule has 2 aromatic carbocycles. The number of rotatable bonds is 4. The highest BCUT2D eigenvalue weighted by Gasteiger charge is 2.31. The molecule has 1 aliphatic heterocycles. The molecule has 3 aromatic rings. The summed E-state index contributed by atoms with van der Waals surface area (Å²) in [7, 11) is 1.55. The van der Waals surface area contributed by atoms with Crippen LogP contribution in [-0.2, 0) is 9.59 Å². The fraction of sp³-hybridized carbons (Fsp3) is 0.0455. The third-order valence-corrected chi connectivity index (χ3v) is 5.85. The maximum Gasteiger partial charge on any atom is 0.265 e. The van der Waals surface area contributed by atoms with E-state index in [1.807, 2.05) is 72.8 Å². The molecule has 0 spiro atoms. The van der Waals surface area contributed by atoms with Gasteiger partial charge in [0, 0.05) is 23.3 Å². The van der Waals surface area contributed by atoms with Crippen LogP contribution in [0, 0.1) is 0 Å². The highest BCUT2D eigenvalue weighted by molar-refractivity contribution is 7.80. The van der Waals surface area contributed by atoms with Crippen molar-refractivity contribution in [2.45, 2.75) is 0 Å². The Morgan fingerprint density at radius 1 is 0.931 bits per heavy atom. The summed E-state index contributed by atoms with van der Waals surface area (Å²) in [5, 5.41) is 3.62. The molecule has 2 amide bonds. The van der Waals surface area contributed by atoms with Gasteiger partial charge in [-0.1, -0.05) is 36.4 Å². The first-order chi connectivity index (χ1) is 14.0. The Hall–Kier alpha value is -3.29. The largest absolute Gasteiger partial charge is 0.302 e. The smallest absolute Gasteiger partial charge is 0.265 e. The minimum Gasteiger partial charge on any atom is -0.302 e. The minimum absolute atomic E-state index is 0.0699. The van der Waals surface area contributed by atoms with Gasteiger partial charge in [0.1, 0.15) is 10.6 Å². The van der Waals surface area contributed by atoms with E-state index in [0.29, 0.717) is 0 Å². The van der Waals surface area contributed by atoms with Crippen LogP contribution in [0.3, 0.4) is 0 Å². The highest BCUT2D eigenvalue weighted by Crippen LogP contribution is 2.39. The Morgan fingerprint density at radius 2 is 1.52 bits per heavy atom. The van der Waals surface area contributed by atoms with E-state index in [4.69, 9.17) is 12.2 Å². The van der Waals surface area contributed by atoms with Gasteiger partial charge in [-0.2, -0.15) is 0 Å². The molecule has 0 saturated carbocycles. The number of thiocarbonyl (C=S) groups is 1. The van der Waals surface area contributed by atoms with E-state index < -0.39 is 11.8 Å². The van der Waals surface area contributed by atoms with Gasteiger partial charge in [-0.25, -0.2) is 0 Å². The molecule has 1 fully saturated rings. The maximum atomic E-state index is 12.4. The van der Waals surface area contributed by atoms with Crippen LogP contribution in [0.5, 0.6) is 0 Å². The summed E-state index contributed by atoms with van der Waals surface area (Å²) in [5.74, 6) is -0.882. The molecule has 0 bridgehead atoms. The van der Waals surface area contributed by atoms with E-state index in [1.54, 1.807) is 13.1 Å². The zero-order valence-electron chi connectivity index (χ0n) is 15.5. The first-order valence-electron chi connectivity index (χ1n) is 8.90. The van der Waals surface area contributed by atoms with Crippen molar-refractivity contribution in [2.75, 3.05) is 11.9 Å². The van der Waals surface area contributed by atoms with E-state index in [-0.39, 0.29) is 10.7 Å². The molecule has 2 heterocycles. The van der Waals surface area contributed by atoms with E-state index in [1.165, 1.54) is 16.2 Å². The number of anilines is 3. The van der Waals surface area contributed by atoms with E-state index in [2.05, 4.69) is 10.2 Å². The Balaban J connectivity index is 1.72. The summed E-state index contributed by atoms with van der Waals surface area (Å²) in [6, 6.07) is 24.0. The molecule has 5 nitrogen and oxygen atoms in total. The van der Waals surface area contributed by atoms with Crippen LogP contribution in [0.1, 0.15) is 4.88 Å². The summed E-state index contributed by atoms with van der Waals surface area (Å²) in [5.41, 5.74) is 2.12. The maximum absolute atomic E-state index is 12.4. The summed E-state index contributed by atoms with van der Waals surface area (Å²) >= 11 is 6.48. The third kappa shape index (κ3) is 3.83. The molecule has 1 aliphatic rings. The minimum atomic E-state index is -0.476. The molecule has 29 heavy (non-hydrogen) atoms. The summed E-state index contributed by atoms with van der Waals surface area (Å²) in [6.07, 6.45) is 1.61. The first kappa shape index (κ1) is 19.0. The second-order valence-corrected chi connectivity index (χ2v) is 7.84. The van der Waals surface area contributed by atoms with Gasteiger partial charge < -0.3 is 4.90 Å². The van der Waals surface area contributed by atoms with E-state index in [9.17, 15) is 9.59 Å². The van der Waals surface area contributed by atoms with Crippen molar-refractivity contribution in [3.8, 4) is 0 Å². The summed E-state index contributed by atoms with van der Waals surface area (Å²) in [4.78, 5) is 28.9. The lowest BCUT2D eigenvalue weighted by Gasteiger charge is -2.25. The Kier molecular flexibility index (Phi) is 5.24. The lowest BCUT2D eigenvalue weighted by atomic mass is 10.1. The van der Waals surface area contributed by atoms with Crippen molar-refractivity contribution < 1.29 is 9.59 Å². The van der Waals surface area contributed by atoms with Crippen LogP contribution in [-0.4, -0.2) is 28.9 Å². The molecule has 7 heteroatoms. The van der Waals surface area contributed by atoms with Crippen molar-refractivity contribution in [2.24, 2.45) is 0 Å². The average Bonchev–Trinajstić information content (AvgIpc) is 3.19. The number of hydrogen-bond acceptors (Lipinski definition) is 5. The fourth-order valence-electron chi connectivity index (χ4n) is 2.99. The molecular weight excluding hydrogens is 402 g/mol. The van der Waals surface area contributed by atoms with Crippen LogP contribution in [0.4, 0.5) is 16.4 Å². The summed E-state index contributed by atoms with van der Waals surface area (Å²) < 4.78 is 0. The van der Waals surface area contributed by atoms with Crippen LogP contribution in [0.25, 0.3) is 6.08 Å². The summed E-state index contributed by atoms with van der Waals surface area (Å²) in [6.45, 7) is 0. The van der Waals surface area contributed by atoms with Gasteiger partial charge in [0.25, 0.3) is 11.8 Å². The monoisotopic (exact) mass is 419 g/mol. The SMILES string of the molecule is CN1C(=O)/C(=C/c2ccc(N(c3ccccc3)c3ccccc3)s2)C(=O)NC1=S. The number of carbonyl (C=O) groups excluding carboxylic acids is 2. The van der Waals surface area contributed by atoms with Gasteiger partial charge in [-0.3, -0.25) is 19.8 Å². The molecule has 1 N–H and O–H groups in total. The molecule has 4 rings (SSSR count). The molecule has 0 aliphatic carbocycles. The highest BCUT2D eigenvalue weighted by atomic mass is 32.1. The number of amides is 2. The predicted octanol–water partition coefficient (Wildman–Crippen LogP) is 4.47. The molecule has 0 radical (unpaired) electrons.